The first-order valence-electron chi connectivity index (χ1n) is 13.2. The summed E-state index contributed by atoms with van der Waals surface area (Å²) in [6, 6.07) is 5.14. The van der Waals surface area contributed by atoms with Crippen LogP contribution in [0.15, 0.2) is 18.2 Å². The Morgan fingerprint density at radius 2 is 2.03 bits per heavy atom. The maximum absolute atomic E-state index is 15.7. The first-order valence-corrected chi connectivity index (χ1v) is 14.0. The van der Waals surface area contributed by atoms with E-state index in [1.54, 1.807) is 30.1 Å². The molecule has 0 radical (unpaired) electrons. The Kier molecular flexibility index (Phi) is 7.95. The molecule has 2 aliphatic heterocycles. The van der Waals surface area contributed by atoms with Gasteiger partial charge < -0.3 is 19.9 Å². The van der Waals surface area contributed by atoms with Gasteiger partial charge >= 0.3 is 0 Å². The summed E-state index contributed by atoms with van der Waals surface area (Å²) in [7, 11) is 1.72. The molecule has 3 heterocycles. The summed E-state index contributed by atoms with van der Waals surface area (Å²) in [5, 5.41) is 3.37. The summed E-state index contributed by atoms with van der Waals surface area (Å²) in [5.74, 6) is -0.274. The number of rotatable bonds is 8. The number of amides is 2. The third-order valence-electron chi connectivity index (χ3n) is 7.90. The Hall–Kier alpha value is -2.66. The third kappa shape index (κ3) is 5.98. The number of nitrogens with one attached hydrogen (secondary N) is 1. The highest BCUT2D eigenvalue weighted by atomic mass is 32.1. The van der Waals surface area contributed by atoms with Gasteiger partial charge in [-0.05, 0) is 56.2 Å². The van der Waals surface area contributed by atoms with Crippen LogP contribution < -0.4 is 10.1 Å². The smallest absolute Gasteiger partial charge is 0.273 e. The molecule has 0 unspecified atom stereocenters. The number of hydrogen-bond donors (Lipinski definition) is 1. The number of aromatic nitrogens is 1. The molecule has 0 spiro atoms. The van der Waals surface area contributed by atoms with Crippen LogP contribution >= 0.6 is 11.3 Å². The SMILES string of the molecule is CN1Cc2c(C(=O)N[C@H]3CC[C@](F)(CCN4CCc5nc(OCC(F)F)sc5CC4)CC3)cccc2C1=O. The van der Waals surface area contributed by atoms with Crippen LogP contribution in [0.3, 0.4) is 0 Å². The molecule has 1 aromatic heterocycles. The third-order valence-corrected chi connectivity index (χ3v) is 8.97. The second-order valence-electron chi connectivity index (χ2n) is 10.5. The Bertz CT molecular complexity index is 1160. The standard InChI is InChI=1S/C27H33F3N4O3S/c1-33-15-20-18(3-2-4-19(20)25(33)36)24(35)31-17-5-9-27(30,10-6-17)11-14-34-12-7-21-22(8-13-34)38-26(32-21)37-16-23(28)29/h2-4,17,23H,5-16H2,1H3,(H,31,35)/t17-,27+. The lowest BCUT2D eigenvalue weighted by atomic mass is 9.81. The molecule has 2 amide bonds. The minimum absolute atomic E-state index is 0.0746. The lowest BCUT2D eigenvalue weighted by Crippen LogP contribution is -2.43. The van der Waals surface area contributed by atoms with Crippen molar-refractivity contribution in [2.75, 3.05) is 33.3 Å². The summed E-state index contributed by atoms with van der Waals surface area (Å²) in [6.45, 7) is 1.95. The Morgan fingerprint density at radius 3 is 2.79 bits per heavy atom. The molecule has 38 heavy (non-hydrogen) atoms. The number of ether oxygens (including phenoxy) is 1. The normalized spacial score (nSPS) is 23.8. The van der Waals surface area contributed by atoms with Gasteiger partial charge in [0.2, 0.25) is 0 Å². The number of halogens is 3. The lowest BCUT2D eigenvalue weighted by Gasteiger charge is -2.35. The fraction of sp³-hybridized carbons (Fsp3) is 0.593. The van der Waals surface area contributed by atoms with Gasteiger partial charge in [0.05, 0.1) is 5.69 Å². The number of fused-ring (bicyclic) bond motifs is 2. The molecular weight excluding hydrogens is 517 g/mol. The van der Waals surface area contributed by atoms with Crippen LogP contribution in [0.4, 0.5) is 13.2 Å². The molecule has 1 aromatic carbocycles. The molecule has 1 N–H and O–H groups in total. The van der Waals surface area contributed by atoms with E-state index in [4.69, 9.17) is 4.74 Å². The van der Waals surface area contributed by atoms with Gasteiger partial charge in [0.15, 0.2) is 6.61 Å². The average molecular weight is 551 g/mol. The minimum atomic E-state index is -2.52. The fourth-order valence-electron chi connectivity index (χ4n) is 5.64. The fourth-order valence-corrected chi connectivity index (χ4v) is 6.59. The van der Waals surface area contributed by atoms with Crippen molar-refractivity contribution in [3.8, 4) is 5.19 Å². The van der Waals surface area contributed by atoms with Crippen molar-refractivity contribution in [1.29, 1.82) is 0 Å². The maximum atomic E-state index is 15.7. The van der Waals surface area contributed by atoms with Crippen molar-refractivity contribution in [1.82, 2.24) is 20.1 Å². The van der Waals surface area contributed by atoms with Crippen molar-refractivity contribution in [2.45, 2.75) is 69.6 Å². The van der Waals surface area contributed by atoms with E-state index in [-0.39, 0.29) is 17.9 Å². The summed E-state index contributed by atoms with van der Waals surface area (Å²) >= 11 is 1.33. The molecule has 1 fully saturated rings. The molecule has 2 aromatic rings. The van der Waals surface area contributed by atoms with Gasteiger partial charge in [0, 0.05) is 61.7 Å². The maximum Gasteiger partial charge on any atom is 0.273 e. The Labute approximate surface area is 224 Å². The molecule has 206 valence electrons. The van der Waals surface area contributed by atoms with Gasteiger partial charge in [-0.1, -0.05) is 17.4 Å². The van der Waals surface area contributed by atoms with Gasteiger partial charge in [0.25, 0.3) is 23.4 Å². The predicted molar refractivity (Wildman–Crippen MR) is 138 cm³/mol. The summed E-state index contributed by atoms with van der Waals surface area (Å²) in [6.07, 6.45) is 1.34. The van der Waals surface area contributed by atoms with Gasteiger partial charge in [0.1, 0.15) is 5.67 Å². The van der Waals surface area contributed by atoms with Crippen LogP contribution in [0.2, 0.25) is 0 Å². The molecule has 0 saturated heterocycles. The minimum Gasteiger partial charge on any atom is -0.464 e. The van der Waals surface area contributed by atoms with Gasteiger partial charge in [-0.15, -0.1) is 0 Å². The van der Waals surface area contributed by atoms with Crippen LogP contribution in [0.1, 0.15) is 69.0 Å². The van der Waals surface area contributed by atoms with E-state index in [9.17, 15) is 18.4 Å². The number of thiazole rings is 1. The van der Waals surface area contributed by atoms with Crippen molar-refractivity contribution in [3.63, 3.8) is 0 Å². The predicted octanol–water partition coefficient (Wildman–Crippen LogP) is 4.24. The second-order valence-corrected chi connectivity index (χ2v) is 11.6. The molecule has 0 atom stereocenters. The van der Waals surface area contributed by atoms with Crippen LogP contribution in [0, 0.1) is 0 Å². The van der Waals surface area contributed by atoms with E-state index in [0.29, 0.717) is 67.9 Å². The summed E-state index contributed by atoms with van der Waals surface area (Å²) in [5.41, 5.74) is 1.50. The average Bonchev–Trinajstić information content (AvgIpc) is 3.36. The highest BCUT2D eigenvalue weighted by Crippen LogP contribution is 2.36. The number of nitrogens with zero attached hydrogens (tertiary/aromatic N) is 3. The molecule has 7 nitrogen and oxygen atoms in total. The van der Waals surface area contributed by atoms with Crippen LogP contribution in [0.5, 0.6) is 5.19 Å². The van der Waals surface area contributed by atoms with Gasteiger partial charge in [-0.25, -0.2) is 18.2 Å². The number of hydrogen-bond acceptors (Lipinski definition) is 6. The first kappa shape index (κ1) is 26.9. The number of benzene rings is 1. The molecule has 11 heteroatoms. The summed E-state index contributed by atoms with van der Waals surface area (Å²) in [4.78, 5) is 34.5. The highest BCUT2D eigenvalue weighted by molar-refractivity contribution is 7.13. The largest absolute Gasteiger partial charge is 0.464 e. The van der Waals surface area contributed by atoms with Crippen molar-refractivity contribution >= 4 is 23.2 Å². The van der Waals surface area contributed by atoms with Crippen molar-refractivity contribution in [2.24, 2.45) is 0 Å². The van der Waals surface area contributed by atoms with Crippen LogP contribution in [0.25, 0.3) is 0 Å². The van der Waals surface area contributed by atoms with E-state index < -0.39 is 18.7 Å². The van der Waals surface area contributed by atoms with E-state index in [2.05, 4.69) is 15.2 Å². The molecule has 1 aliphatic carbocycles. The molecule has 1 saturated carbocycles. The van der Waals surface area contributed by atoms with Gasteiger partial charge in [-0.2, -0.15) is 0 Å². The van der Waals surface area contributed by atoms with E-state index in [1.165, 1.54) is 11.3 Å². The van der Waals surface area contributed by atoms with Crippen LogP contribution in [-0.4, -0.2) is 78.0 Å². The molecule has 3 aliphatic rings. The van der Waals surface area contributed by atoms with E-state index in [1.807, 2.05) is 0 Å². The lowest BCUT2D eigenvalue weighted by molar-refractivity contribution is 0.0644. The zero-order valence-electron chi connectivity index (χ0n) is 21.5. The topological polar surface area (TPSA) is 74.8 Å². The summed E-state index contributed by atoms with van der Waals surface area (Å²) < 4.78 is 45.5. The number of carbonyl (C=O) groups is 2. The van der Waals surface area contributed by atoms with Gasteiger partial charge in [-0.3, -0.25) is 9.59 Å². The Balaban J connectivity index is 1.07. The Morgan fingerprint density at radius 1 is 1.26 bits per heavy atom. The zero-order chi connectivity index (χ0) is 26.9. The zero-order valence-corrected chi connectivity index (χ0v) is 22.3. The molecule has 0 bridgehead atoms. The number of carbonyl (C=O) groups excluding carboxylic acids is 2. The van der Waals surface area contributed by atoms with E-state index in [0.717, 1.165) is 35.6 Å². The van der Waals surface area contributed by atoms with Crippen LogP contribution in [-0.2, 0) is 19.4 Å². The molecular formula is C27H33F3N4O3S. The van der Waals surface area contributed by atoms with Crippen molar-refractivity contribution < 1.29 is 27.5 Å². The van der Waals surface area contributed by atoms with Crippen molar-refractivity contribution in [3.05, 3.63) is 45.5 Å². The van der Waals surface area contributed by atoms with E-state index >= 15 is 4.39 Å². The highest BCUT2D eigenvalue weighted by Gasteiger charge is 2.37. The molecule has 5 rings (SSSR count). The quantitative estimate of drug-likeness (QED) is 0.532. The monoisotopic (exact) mass is 550 g/mol. The number of alkyl halides is 3. The second kappa shape index (κ2) is 11.2. The first-order chi connectivity index (χ1) is 18.2.